The molecule has 0 aliphatic heterocycles. The van der Waals surface area contributed by atoms with Crippen molar-refractivity contribution in [3.63, 3.8) is 0 Å². The van der Waals surface area contributed by atoms with E-state index in [0.717, 1.165) is 18.4 Å². The van der Waals surface area contributed by atoms with Crippen LogP contribution in [0.25, 0.3) is 0 Å². The Morgan fingerprint density at radius 2 is 2.21 bits per heavy atom. The van der Waals surface area contributed by atoms with E-state index in [1.54, 1.807) is 0 Å². The zero-order valence-electron chi connectivity index (χ0n) is 11.6. The molecular formula is C15H22ClNO2. The Hall–Kier alpha value is -1.06. The highest BCUT2D eigenvalue weighted by Crippen LogP contribution is 2.11. The fourth-order valence-electron chi connectivity index (χ4n) is 1.66. The number of carbonyl (C=O) groups is 1. The van der Waals surface area contributed by atoms with Gasteiger partial charge in [-0.2, -0.15) is 0 Å². The summed E-state index contributed by atoms with van der Waals surface area (Å²) in [4.78, 5) is 11.6. The van der Waals surface area contributed by atoms with Gasteiger partial charge in [0.2, 0.25) is 5.91 Å². The molecule has 0 radical (unpaired) electrons. The topological polar surface area (TPSA) is 38.3 Å². The van der Waals surface area contributed by atoms with Gasteiger partial charge in [0, 0.05) is 24.6 Å². The third kappa shape index (κ3) is 7.85. The number of benzene rings is 1. The minimum absolute atomic E-state index is 0.0736. The molecule has 106 valence electrons. The monoisotopic (exact) mass is 283 g/mol. The average molecular weight is 284 g/mol. The molecule has 1 rings (SSSR count). The highest BCUT2D eigenvalue weighted by Gasteiger charge is 2.02. The van der Waals surface area contributed by atoms with Crippen LogP contribution < -0.4 is 5.32 Å². The maximum Gasteiger partial charge on any atom is 0.220 e. The van der Waals surface area contributed by atoms with Gasteiger partial charge in [0.05, 0.1) is 6.10 Å². The van der Waals surface area contributed by atoms with Crippen molar-refractivity contribution >= 4 is 17.5 Å². The molecule has 0 heterocycles. The summed E-state index contributed by atoms with van der Waals surface area (Å²) >= 11 is 5.89. The van der Waals surface area contributed by atoms with Gasteiger partial charge in [0.25, 0.3) is 0 Å². The fraction of sp³-hybridized carbons (Fsp3) is 0.533. The van der Waals surface area contributed by atoms with E-state index in [1.165, 1.54) is 0 Å². The lowest BCUT2D eigenvalue weighted by Gasteiger charge is -2.08. The van der Waals surface area contributed by atoms with Crippen molar-refractivity contribution in [1.82, 2.24) is 5.32 Å². The molecule has 0 spiro atoms. The molecule has 0 unspecified atom stereocenters. The van der Waals surface area contributed by atoms with Gasteiger partial charge in [-0.05, 0) is 44.4 Å². The van der Waals surface area contributed by atoms with E-state index < -0.39 is 0 Å². The van der Waals surface area contributed by atoms with Crippen molar-refractivity contribution in [2.24, 2.45) is 0 Å². The van der Waals surface area contributed by atoms with E-state index in [2.05, 4.69) is 5.32 Å². The Kier molecular flexibility index (Phi) is 7.53. The zero-order valence-corrected chi connectivity index (χ0v) is 12.4. The second-order valence-corrected chi connectivity index (χ2v) is 5.19. The maximum absolute atomic E-state index is 11.6. The van der Waals surface area contributed by atoms with Gasteiger partial charge in [-0.25, -0.2) is 0 Å². The number of aryl methyl sites for hydroxylation is 1. The van der Waals surface area contributed by atoms with E-state index in [-0.39, 0.29) is 12.0 Å². The zero-order chi connectivity index (χ0) is 14.1. The number of halogens is 1. The maximum atomic E-state index is 11.6. The standard InChI is InChI=1S/C15H22ClNO2/c1-12(2)19-10-4-9-17-15(18)8-7-13-5-3-6-14(16)11-13/h3,5-6,11-12H,4,7-10H2,1-2H3,(H,17,18). The summed E-state index contributed by atoms with van der Waals surface area (Å²) in [5.74, 6) is 0.0736. The lowest BCUT2D eigenvalue weighted by Crippen LogP contribution is -2.25. The minimum atomic E-state index is 0.0736. The van der Waals surface area contributed by atoms with Gasteiger partial charge >= 0.3 is 0 Å². The van der Waals surface area contributed by atoms with Crippen LogP contribution in [-0.2, 0) is 16.0 Å². The van der Waals surface area contributed by atoms with Crippen LogP contribution in [0.1, 0.15) is 32.3 Å². The van der Waals surface area contributed by atoms with Crippen LogP contribution in [0.15, 0.2) is 24.3 Å². The molecule has 0 saturated heterocycles. The van der Waals surface area contributed by atoms with Crippen LogP contribution in [0.5, 0.6) is 0 Å². The van der Waals surface area contributed by atoms with Gasteiger partial charge in [-0.3, -0.25) is 4.79 Å². The van der Waals surface area contributed by atoms with Crippen molar-refractivity contribution < 1.29 is 9.53 Å². The van der Waals surface area contributed by atoms with Crippen molar-refractivity contribution in [1.29, 1.82) is 0 Å². The molecule has 1 aromatic rings. The molecular weight excluding hydrogens is 262 g/mol. The molecule has 0 fully saturated rings. The Bertz CT molecular complexity index is 393. The van der Waals surface area contributed by atoms with E-state index >= 15 is 0 Å². The molecule has 0 saturated carbocycles. The van der Waals surface area contributed by atoms with E-state index in [0.29, 0.717) is 24.6 Å². The normalized spacial score (nSPS) is 10.7. The predicted octanol–water partition coefficient (Wildman–Crippen LogP) is 3.20. The highest BCUT2D eigenvalue weighted by atomic mass is 35.5. The third-order valence-electron chi connectivity index (χ3n) is 2.62. The molecule has 3 nitrogen and oxygen atoms in total. The van der Waals surface area contributed by atoms with Crippen LogP contribution in [0, 0.1) is 0 Å². The second-order valence-electron chi connectivity index (χ2n) is 4.75. The van der Waals surface area contributed by atoms with Gasteiger partial charge < -0.3 is 10.1 Å². The lowest BCUT2D eigenvalue weighted by molar-refractivity contribution is -0.121. The van der Waals surface area contributed by atoms with Gasteiger partial charge in [0.15, 0.2) is 0 Å². The number of amides is 1. The third-order valence-corrected chi connectivity index (χ3v) is 2.86. The van der Waals surface area contributed by atoms with Crippen molar-refractivity contribution in [3.8, 4) is 0 Å². The Balaban J connectivity index is 2.11. The highest BCUT2D eigenvalue weighted by molar-refractivity contribution is 6.30. The second kappa shape index (κ2) is 8.94. The summed E-state index contributed by atoms with van der Waals surface area (Å²) in [6, 6.07) is 7.61. The van der Waals surface area contributed by atoms with Gasteiger partial charge in [0.1, 0.15) is 0 Å². The Morgan fingerprint density at radius 3 is 2.89 bits per heavy atom. The van der Waals surface area contributed by atoms with E-state index in [1.807, 2.05) is 38.1 Å². The number of hydrogen-bond acceptors (Lipinski definition) is 2. The first-order valence-electron chi connectivity index (χ1n) is 6.70. The number of rotatable bonds is 8. The molecule has 1 N–H and O–H groups in total. The molecule has 1 amide bonds. The van der Waals surface area contributed by atoms with Crippen molar-refractivity contribution in [3.05, 3.63) is 34.9 Å². The molecule has 4 heteroatoms. The first-order chi connectivity index (χ1) is 9.08. The summed E-state index contributed by atoms with van der Waals surface area (Å²) in [5, 5.41) is 3.60. The van der Waals surface area contributed by atoms with Gasteiger partial charge in [-0.15, -0.1) is 0 Å². The van der Waals surface area contributed by atoms with Crippen LogP contribution in [-0.4, -0.2) is 25.2 Å². The van der Waals surface area contributed by atoms with Gasteiger partial charge in [-0.1, -0.05) is 23.7 Å². The predicted molar refractivity (Wildman–Crippen MR) is 78.5 cm³/mol. The average Bonchev–Trinajstić information content (AvgIpc) is 2.35. The molecule has 0 atom stereocenters. The Morgan fingerprint density at radius 1 is 1.42 bits per heavy atom. The number of carbonyl (C=O) groups excluding carboxylic acids is 1. The van der Waals surface area contributed by atoms with Crippen LogP contribution in [0.3, 0.4) is 0 Å². The summed E-state index contributed by atoms with van der Waals surface area (Å²) < 4.78 is 5.40. The van der Waals surface area contributed by atoms with Crippen LogP contribution in [0.4, 0.5) is 0 Å². The molecule has 1 aromatic carbocycles. The summed E-state index contributed by atoms with van der Waals surface area (Å²) in [6.07, 6.45) is 2.31. The molecule has 0 aromatic heterocycles. The molecule has 0 bridgehead atoms. The fourth-order valence-corrected chi connectivity index (χ4v) is 1.87. The molecule has 19 heavy (non-hydrogen) atoms. The Labute approximate surface area is 120 Å². The first-order valence-corrected chi connectivity index (χ1v) is 7.08. The van der Waals surface area contributed by atoms with Crippen LogP contribution in [0.2, 0.25) is 5.02 Å². The quantitative estimate of drug-likeness (QED) is 0.744. The molecule has 0 aliphatic rings. The lowest BCUT2D eigenvalue weighted by atomic mass is 10.1. The minimum Gasteiger partial charge on any atom is -0.379 e. The summed E-state index contributed by atoms with van der Waals surface area (Å²) in [5.41, 5.74) is 1.09. The number of hydrogen-bond donors (Lipinski definition) is 1. The van der Waals surface area contributed by atoms with Crippen molar-refractivity contribution in [2.75, 3.05) is 13.2 Å². The van der Waals surface area contributed by atoms with E-state index in [4.69, 9.17) is 16.3 Å². The smallest absolute Gasteiger partial charge is 0.220 e. The summed E-state index contributed by atoms with van der Waals surface area (Å²) in [7, 11) is 0. The van der Waals surface area contributed by atoms with E-state index in [9.17, 15) is 4.79 Å². The molecule has 0 aliphatic carbocycles. The summed E-state index contributed by atoms with van der Waals surface area (Å²) in [6.45, 7) is 5.36. The van der Waals surface area contributed by atoms with Crippen molar-refractivity contribution in [2.45, 2.75) is 39.2 Å². The van der Waals surface area contributed by atoms with Crippen LogP contribution >= 0.6 is 11.6 Å². The first kappa shape index (κ1) is 16.0. The number of nitrogens with one attached hydrogen (secondary N) is 1. The number of ether oxygens (including phenoxy) is 1. The largest absolute Gasteiger partial charge is 0.379 e. The SMILES string of the molecule is CC(C)OCCCNC(=O)CCc1cccc(Cl)c1.